The van der Waals surface area contributed by atoms with Crippen molar-refractivity contribution >= 4 is 6.09 Å². The van der Waals surface area contributed by atoms with Crippen molar-refractivity contribution in [1.29, 1.82) is 0 Å². The summed E-state index contributed by atoms with van der Waals surface area (Å²) in [5.74, 6) is 0.236. The molecule has 2 aromatic rings. The maximum Gasteiger partial charge on any atom is 0.408 e. The van der Waals surface area contributed by atoms with Gasteiger partial charge in [0.2, 0.25) is 0 Å². The van der Waals surface area contributed by atoms with Crippen molar-refractivity contribution in [2.24, 2.45) is 0 Å². The first-order valence-electron chi connectivity index (χ1n) is 9.60. The maximum atomic E-state index is 13.2. The quantitative estimate of drug-likeness (QED) is 0.722. The molecule has 3 rings (SSSR count). The van der Waals surface area contributed by atoms with E-state index in [0.717, 1.165) is 5.56 Å². The van der Waals surface area contributed by atoms with E-state index in [1.54, 1.807) is 25.3 Å². The van der Waals surface area contributed by atoms with E-state index in [1.807, 2.05) is 37.3 Å². The van der Waals surface area contributed by atoms with Crippen molar-refractivity contribution in [3.63, 3.8) is 0 Å². The van der Waals surface area contributed by atoms with E-state index in [1.165, 1.54) is 11.1 Å². The van der Waals surface area contributed by atoms with Gasteiger partial charge in [-0.1, -0.05) is 30.3 Å². The highest BCUT2D eigenvalue weighted by Gasteiger charge is 2.44. The average molecular weight is 409 g/mol. The Morgan fingerprint density at radius 1 is 1.24 bits per heavy atom. The molecule has 0 saturated heterocycles. The summed E-state index contributed by atoms with van der Waals surface area (Å²) < 4.78 is 41.1. The summed E-state index contributed by atoms with van der Waals surface area (Å²) in [6, 6.07) is 8.60. The highest BCUT2D eigenvalue weighted by Crippen LogP contribution is 2.47. The number of aromatic nitrogens is 2. The van der Waals surface area contributed by atoms with Crippen molar-refractivity contribution in [1.82, 2.24) is 14.5 Å². The standard InChI is InChI=1S/C21H26F3N3O2/c1-13-16(14-8-6-5-7-9-14)10-17(27(19(28)29)20(2,3)4)18-25-12-15(26(13)18)11-21(22,23)24/h5-9,12-13,16-17H,10-11H2,1-4H3,(H,28,29)/t13-,16-,17+/m1/s1. The Labute approximate surface area is 168 Å². The summed E-state index contributed by atoms with van der Waals surface area (Å²) >= 11 is 0. The molecule has 1 aliphatic rings. The van der Waals surface area contributed by atoms with Crippen LogP contribution in [0.25, 0.3) is 0 Å². The molecule has 5 nitrogen and oxygen atoms in total. The number of rotatable bonds is 3. The molecule has 1 aromatic heterocycles. The van der Waals surface area contributed by atoms with Gasteiger partial charge in [-0.3, -0.25) is 4.90 Å². The zero-order valence-electron chi connectivity index (χ0n) is 16.9. The minimum atomic E-state index is -4.37. The molecule has 0 fully saturated rings. The second-order valence-electron chi connectivity index (χ2n) is 8.60. The molecule has 0 bridgehead atoms. The minimum absolute atomic E-state index is 0.0601. The van der Waals surface area contributed by atoms with E-state index in [-0.39, 0.29) is 17.7 Å². The van der Waals surface area contributed by atoms with Gasteiger partial charge in [-0.2, -0.15) is 13.2 Å². The number of nitrogens with zero attached hydrogens (tertiary/aromatic N) is 3. The van der Waals surface area contributed by atoms with Crippen molar-refractivity contribution in [2.75, 3.05) is 0 Å². The number of hydrogen-bond acceptors (Lipinski definition) is 2. The van der Waals surface area contributed by atoms with Crippen LogP contribution in [0.1, 0.15) is 69.2 Å². The van der Waals surface area contributed by atoms with Gasteiger partial charge in [0.15, 0.2) is 0 Å². The molecular weight excluding hydrogens is 383 g/mol. The second kappa shape index (κ2) is 7.39. The molecule has 1 aromatic carbocycles. The van der Waals surface area contributed by atoms with E-state index in [9.17, 15) is 23.1 Å². The number of carbonyl (C=O) groups is 1. The van der Waals surface area contributed by atoms with E-state index in [2.05, 4.69) is 4.98 Å². The molecular formula is C21H26F3N3O2. The van der Waals surface area contributed by atoms with Crippen LogP contribution in [0.2, 0.25) is 0 Å². The summed E-state index contributed by atoms with van der Waals surface area (Å²) in [6.45, 7) is 7.21. The van der Waals surface area contributed by atoms with Crippen LogP contribution >= 0.6 is 0 Å². The minimum Gasteiger partial charge on any atom is -0.465 e. The van der Waals surface area contributed by atoms with Gasteiger partial charge in [0, 0.05) is 29.4 Å². The lowest BCUT2D eigenvalue weighted by molar-refractivity contribution is -0.128. The Bertz CT molecular complexity index is 872. The van der Waals surface area contributed by atoms with Gasteiger partial charge in [0.1, 0.15) is 5.82 Å². The van der Waals surface area contributed by atoms with E-state index in [0.29, 0.717) is 12.2 Å². The topological polar surface area (TPSA) is 58.4 Å². The van der Waals surface area contributed by atoms with Crippen molar-refractivity contribution < 1.29 is 23.1 Å². The molecule has 3 atom stereocenters. The Morgan fingerprint density at radius 3 is 2.38 bits per heavy atom. The summed E-state index contributed by atoms with van der Waals surface area (Å²) in [5.41, 5.74) is 0.297. The third kappa shape index (κ3) is 4.26. The summed E-state index contributed by atoms with van der Waals surface area (Å²) in [4.78, 5) is 17.7. The van der Waals surface area contributed by atoms with Gasteiger partial charge in [0.25, 0.3) is 0 Å². The largest absolute Gasteiger partial charge is 0.465 e. The fourth-order valence-electron chi connectivity index (χ4n) is 4.41. The lowest BCUT2D eigenvalue weighted by Crippen LogP contribution is -2.50. The highest BCUT2D eigenvalue weighted by atomic mass is 19.4. The summed E-state index contributed by atoms with van der Waals surface area (Å²) in [7, 11) is 0. The summed E-state index contributed by atoms with van der Waals surface area (Å²) in [5, 5.41) is 9.91. The van der Waals surface area contributed by atoms with Gasteiger partial charge in [-0.05, 0) is 39.7 Å². The zero-order chi connectivity index (χ0) is 21.6. The molecule has 0 spiro atoms. The van der Waals surface area contributed by atoms with Crippen LogP contribution in [0.4, 0.5) is 18.0 Å². The fourth-order valence-corrected chi connectivity index (χ4v) is 4.41. The van der Waals surface area contributed by atoms with Crippen molar-refractivity contribution in [2.45, 2.75) is 70.3 Å². The first-order valence-corrected chi connectivity index (χ1v) is 9.60. The van der Waals surface area contributed by atoms with Gasteiger partial charge in [-0.25, -0.2) is 9.78 Å². The van der Waals surface area contributed by atoms with E-state index >= 15 is 0 Å². The van der Waals surface area contributed by atoms with Gasteiger partial charge in [0.05, 0.1) is 12.5 Å². The predicted molar refractivity (Wildman–Crippen MR) is 103 cm³/mol. The fraction of sp³-hybridized carbons (Fsp3) is 0.524. The highest BCUT2D eigenvalue weighted by molar-refractivity contribution is 5.66. The van der Waals surface area contributed by atoms with E-state index in [4.69, 9.17) is 0 Å². The molecule has 2 heterocycles. The Morgan fingerprint density at radius 2 is 1.86 bits per heavy atom. The molecule has 8 heteroatoms. The van der Waals surface area contributed by atoms with Crippen molar-refractivity contribution in [3.05, 3.63) is 53.6 Å². The Balaban J connectivity index is 2.16. The first-order chi connectivity index (χ1) is 13.4. The Hall–Kier alpha value is -2.51. The number of halogens is 3. The molecule has 1 amide bonds. The van der Waals surface area contributed by atoms with Crippen LogP contribution < -0.4 is 0 Å². The molecule has 29 heavy (non-hydrogen) atoms. The average Bonchev–Trinajstić information content (AvgIpc) is 2.99. The molecule has 0 unspecified atom stereocenters. The number of amides is 1. The first kappa shape index (κ1) is 21.2. The second-order valence-corrected chi connectivity index (χ2v) is 8.60. The number of hydrogen-bond donors (Lipinski definition) is 1. The number of benzene rings is 1. The number of imidazole rings is 1. The summed E-state index contributed by atoms with van der Waals surface area (Å²) in [6.07, 6.45) is -4.89. The smallest absolute Gasteiger partial charge is 0.408 e. The van der Waals surface area contributed by atoms with Crippen LogP contribution in [-0.4, -0.2) is 37.4 Å². The predicted octanol–water partition coefficient (Wildman–Crippen LogP) is 5.56. The third-order valence-electron chi connectivity index (χ3n) is 5.52. The molecule has 0 saturated carbocycles. The number of carboxylic acid groups (broad SMARTS) is 1. The van der Waals surface area contributed by atoms with Crippen LogP contribution in [0.5, 0.6) is 0 Å². The lowest BCUT2D eigenvalue weighted by Gasteiger charge is -2.45. The number of fused-ring (bicyclic) bond motifs is 1. The molecule has 1 N–H and O–H groups in total. The monoisotopic (exact) mass is 409 g/mol. The zero-order valence-corrected chi connectivity index (χ0v) is 16.9. The van der Waals surface area contributed by atoms with Gasteiger partial charge >= 0.3 is 12.3 Å². The SMILES string of the molecule is C[C@@H]1[C@H](c2ccccc2)C[C@H](N(C(=O)O)C(C)(C)C)c2ncc(CC(F)(F)F)n21. The number of alkyl halides is 3. The van der Waals surface area contributed by atoms with E-state index < -0.39 is 30.3 Å². The van der Waals surface area contributed by atoms with Crippen LogP contribution in [-0.2, 0) is 6.42 Å². The van der Waals surface area contributed by atoms with Crippen molar-refractivity contribution in [3.8, 4) is 0 Å². The normalized spacial score (nSPS) is 22.2. The van der Waals surface area contributed by atoms with Gasteiger partial charge < -0.3 is 9.67 Å². The van der Waals surface area contributed by atoms with Crippen LogP contribution in [0.3, 0.4) is 0 Å². The third-order valence-corrected chi connectivity index (χ3v) is 5.52. The van der Waals surface area contributed by atoms with Crippen LogP contribution in [0, 0.1) is 0 Å². The Kier molecular flexibility index (Phi) is 5.40. The lowest BCUT2D eigenvalue weighted by atomic mass is 9.82. The molecule has 158 valence electrons. The molecule has 1 aliphatic heterocycles. The maximum absolute atomic E-state index is 13.2. The molecule has 0 aliphatic carbocycles. The van der Waals surface area contributed by atoms with Gasteiger partial charge in [-0.15, -0.1) is 0 Å². The van der Waals surface area contributed by atoms with Crippen LogP contribution in [0.15, 0.2) is 36.5 Å². The molecule has 0 radical (unpaired) electrons.